The van der Waals surface area contributed by atoms with E-state index in [1.165, 1.54) is 0 Å². The first-order valence-corrected chi connectivity index (χ1v) is 8.04. The van der Waals surface area contributed by atoms with Gasteiger partial charge in [0.1, 0.15) is 0 Å². The van der Waals surface area contributed by atoms with Crippen molar-refractivity contribution < 1.29 is 4.79 Å². The van der Waals surface area contributed by atoms with E-state index in [4.69, 9.17) is 0 Å². The quantitative estimate of drug-likeness (QED) is 0.655. The third-order valence-electron chi connectivity index (χ3n) is 3.25. The topological polar surface area (TPSA) is 54.0 Å². The first kappa shape index (κ1) is 17.1. The number of urea groups is 1. The minimum atomic E-state index is -0.270. The highest BCUT2D eigenvalue weighted by Gasteiger charge is 2.06. The van der Waals surface area contributed by atoms with E-state index in [1.54, 1.807) is 24.0 Å². The van der Waals surface area contributed by atoms with Crippen molar-refractivity contribution >= 4 is 52.5 Å². The first-order valence-electron chi connectivity index (χ1n) is 6.82. The number of halogens is 1. The molecule has 2 amide bonds. The van der Waals surface area contributed by atoms with Crippen molar-refractivity contribution in [3.05, 3.63) is 60.8 Å². The molecule has 3 rings (SSSR count). The summed E-state index contributed by atoms with van der Waals surface area (Å²) in [4.78, 5) is 17.6. The molecule has 0 bridgehead atoms. The van der Waals surface area contributed by atoms with Crippen LogP contribution in [0, 0.1) is 0 Å². The lowest BCUT2D eigenvalue weighted by atomic mass is 10.2. The Balaban J connectivity index is 0.00000192. The number of thioether (sulfide) groups is 1. The van der Waals surface area contributed by atoms with E-state index in [-0.39, 0.29) is 18.4 Å². The summed E-state index contributed by atoms with van der Waals surface area (Å²) in [6, 6.07) is 16.9. The Morgan fingerprint density at radius 1 is 1.00 bits per heavy atom. The van der Waals surface area contributed by atoms with Crippen LogP contribution in [-0.2, 0) is 0 Å². The average Bonchev–Trinajstić information content (AvgIpc) is 2.56. The Hall–Kier alpha value is -2.24. The lowest BCUT2D eigenvalue weighted by Crippen LogP contribution is -2.19. The van der Waals surface area contributed by atoms with Crippen molar-refractivity contribution in [3.8, 4) is 0 Å². The number of amides is 2. The maximum Gasteiger partial charge on any atom is 0.323 e. The van der Waals surface area contributed by atoms with E-state index in [9.17, 15) is 4.79 Å². The lowest BCUT2D eigenvalue weighted by Gasteiger charge is -2.10. The Bertz CT molecular complexity index is 803. The Kier molecular flexibility index (Phi) is 5.84. The molecule has 0 unspecified atom stereocenters. The molecule has 4 nitrogen and oxygen atoms in total. The maximum atomic E-state index is 12.1. The standard InChI is InChI=1S/C17H15N3OS.ClH/c1-22-13-8-6-12(7-9-13)19-17(21)20-16-10-11-18-15-5-3-2-4-14(15)16;/h2-11H,1H3,(H2,18,19,20,21);1H. The predicted molar refractivity (Wildman–Crippen MR) is 99.9 cm³/mol. The molecule has 1 aromatic heterocycles. The van der Waals surface area contributed by atoms with E-state index in [1.807, 2.05) is 54.8 Å². The molecule has 2 aromatic carbocycles. The first-order chi connectivity index (χ1) is 10.8. The van der Waals surface area contributed by atoms with Crippen LogP contribution in [0.3, 0.4) is 0 Å². The van der Waals surface area contributed by atoms with Crippen molar-refractivity contribution in [2.75, 3.05) is 16.9 Å². The second-order valence-electron chi connectivity index (χ2n) is 4.68. The Morgan fingerprint density at radius 3 is 2.48 bits per heavy atom. The molecule has 0 aliphatic rings. The molecule has 0 saturated carbocycles. The van der Waals surface area contributed by atoms with Gasteiger partial charge in [-0.3, -0.25) is 4.98 Å². The van der Waals surface area contributed by atoms with Gasteiger partial charge in [-0.05, 0) is 42.7 Å². The highest BCUT2D eigenvalue weighted by molar-refractivity contribution is 7.98. The number of nitrogens with one attached hydrogen (secondary N) is 2. The van der Waals surface area contributed by atoms with E-state index >= 15 is 0 Å². The van der Waals surface area contributed by atoms with Gasteiger partial charge in [0, 0.05) is 22.2 Å². The lowest BCUT2D eigenvalue weighted by molar-refractivity contribution is 0.262. The summed E-state index contributed by atoms with van der Waals surface area (Å²) in [5.74, 6) is 0. The van der Waals surface area contributed by atoms with Gasteiger partial charge in [-0.15, -0.1) is 24.2 Å². The summed E-state index contributed by atoms with van der Waals surface area (Å²) in [6.45, 7) is 0. The van der Waals surface area contributed by atoms with Crippen LogP contribution in [-0.4, -0.2) is 17.3 Å². The summed E-state index contributed by atoms with van der Waals surface area (Å²) >= 11 is 1.67. The summed E-state index contributed by atoms with van der Waals surface area (Å²) in [5, 5.41) is 6.61. The number of para-hydroxylation sites is 1. The van der Waals surface area contributed by atoms with Crippen LogP contribution in [0.5, 0.6) is 0 Å². The van der Waals surface area contributed by atoms with Crippen molar-refractivity contribution in [1.29, 1.82) is 0 Å². The van der Waals surface area contributed by atoms with Crippen molar-refractivity contribution in [2.45, 2.75) is 4.90 Å². The molecule has 1 heterocycles. The Morgan fingerprint density at radius 2 is 1.74 bits per heavy atom. The molecule has 118 valence electrons. The normalized spacial score (nSPS) is 9.96. The third kappa shape index (κ3) is 4.15. The second kappa shape index (κ2) is 7.85. The maximum absolute atomic E-state index is 12.1. The highest BCUT2D eigenvalue weighted by Crippen LogP contribution is 2.21. The van der Waals surface area contributed by atoms with E-state index in [0.29, 0.717) is 0 Å². The SMILES string of the molecule is CSc1ccc(NC(=O)Nc2ccnc3ccccc23)cc1.Cl. The second-order valence-corrected chi connectivity index (χ2v) is 5.56. The molecule has 6 heteroatoms. The zero-order chi connectivity index (χ0) is 15.4. The number of benzene rings is 2. The van der Waals surface area contributed by atoms with E-state index in [0.717, 1.165) is 27.2 Å². The number of carbonyl (C=O) groups is 1. The zero-order valence-corrected chi connectivity index (χ0v) is 14.1. The van der Waals surface area contributed by atoms with E-state index in [2.05, 4.69) is 15.6 Å². The molecule has 0 atom stereocenters. The number of fused-ring (bicyclic) bond motifs is 1. The number of carbonyl (C=O) groups excluding carboxylic acids is 1. The predicted octanol–water partition coefficient (Wildman–Crippen LogP) is 5.02. The van der Waals surface area contributed by atoms with Gasteiger partial charge in [0.2, 0.25) is 0 Å². The van der Waals surface area contributed by atoms with Gasteiger partial charge in [-0.25, -0.2) is 4.79 Å². The van der Waals surface area contributed by atoms with Crippen LogP contribution in [0.4, 0.5) is 16.2 Å². The van der Waals surface area contributed by atoms with Crippen LogP contribution in [0.15, 0.2) is 65.7 Å². The number of hydrogen-bond acceptors (Lipinski definition) is 3. The minimum Gasteiger partial charge on any atom is -0.308 e. The van der Waals surface area contributed by atoms with Crippen molar-refractivity contribution in [2.24, 2.45) is 0 Å². The number of pyridine rings is 1. The molecular formula is C17H16ClN3OS. The molecule has 0 aliphatic heterocycles. The fraction of sp³-hybridized carbons (Fsp3) is 0.0588. The van der Waals surface area contributed by atoms with Crippen molar-refractivity contribution in [1.82, 2.24) is 4.98 Å². The summed E-state index contributed by atoms with van der Waals surface area (Å²) in [5.41, 5.74) is 2.35. The average molecular weight is 346 g/mol. The zero-order valence-electron chi connectivity index (χ0n) is 12.4. The van der Waals surface area contributed by atoms with E-state index < -0.39 is 0 Å². The fourth-order valence-electron chi connectivity index (χ4n) is 2.16. The van der Waals surface area contributed by atoms with Gasteiger partial charge >= 0.3 is 6.03 Å². The molecule has 0 radical (unpaired) electrons. The molecule has 2 N–H and O–H groups in total. The molecule has 0 saturated heterocycles. The van der Waals surface area contributed by atoms with Crippen LogP contribution < -0.4 is 10.6 Å². The fourth-order valence-corrected chi connectivity index (χ4v) is 2.57. The van der Waals surface area contributed by atoms with Crippen LogP contribution in [0.1, 0.15) is 0 Å². The minimum absolute atomic E-state index is 0. The van der Waals surface area contributed by atoms with Crippen LogP contribution >= 0.6 is 24.2 Å². The number of nitrogens with zero attached hydrogens (tertiary/aromatic N) is 1. The Labute approximate surface area is 145 Å². The molecule has 0 spiro atoms. The molecule has 0 aliphatic carbocycles. The van der Waals surface area contributed by atoms with Crippen LogP contribution in [0.2, 0.25) is 0 Å². The smallest absolute Gasteiger partial charge is 0.308 e. The largest absolute Gasteiger partial charge is 0.323 e. The number of aromatic nitrogens is 1. The van der Waals surface area contributed by atoms with Gasteiger partial charge in [-0.2, -0.15) is 0 Å². The third-order valence-corrected chi connectivity index (χ3v) is 3.99. The van der Waals surface area contributed by atoms with Gasteiger partial charge in [0.15, 0.2) is 0 Å². The van der Waals surface area contributed by atoms with Gasteiger partial charge < -0.3 is 10.6 Å². The van der Waals surface area contributed by atoms with Gasteiger partial charge in [0.25, 0.3) is 0 Å². The number of anilines is 2. The summed E-state index contributed by atoms with van der Waals surface area (Å²) < 4.78 is 0. The number of hydrogen-bond donors (Lipinski definition) is 2. The molecule has 3 aromatic rings. The van der Waals surface area contributed by atoms with Crippen molar-refractivity contribution in [3.63, 3.8) is 0 Å². The van der Waals surface area contributed by atoms with Gasteiger partial charge in [-0.1, -0.05) is 18.2 Å². The molecular weight excluding hydrogens is 330 g/mol. The highest BCUT2D eigenvalue weighted by atomic mass is 35.5. The molecule has 0 fully saturated rings. The summed E-state index contributed by atoms with van der Waals surface area (Å²) in [7, 11) is 0. The molecule has 23 heavy (non-hydrogen) atoms. The summed E-state index contributed by atoms with van der Waals surface area (Å²) in [6.07, 6.45) is 3.70. The monoisotopic (exact) mass is 345 g/mol. The van der Waals surface area contributed by atoms with Gasteiger partial charge in [0.05, 0.1) is 11.2 Å². The van der Waals surface area contributed by atoms with Crippen LogP contribution in [0.25, 0.3) is 10.9 Å². The number of rotatable bonds is 3.